The standard InChI is InChI=1S/C25H17FN8S/c1-2-20-25-32-29-14-33(25)21-13-28-23(19-12-30-35-22(19)16-6-8-17(26)9-7-16)31-24(21)34(20)18-5-3-4-15(10-18)11-27/h3-10,12-14,20H,2H2,1H3/t20-/m1/s1. The van der Waals surface area contributed by atoms with Crippen LogP contribution in [0.2, 0.25) is 0 Å². The first-order valence-corrected chi connectivity index (χ1v) is 11.7. The van der Waals surface area contributed by atoms with Gasteiger partial charge in [0, 0.05) is 5.69 Å². The smallest absolute Gasteiger partial charge is 0.164 e. The number of nitrogens with zero attached hydrogens (tertiary/aromatic N) is 8. The first-order chi connectivity index (χ1) is 17.2. The van der Waals surface area contributed by atoms with Crippen molar-refractivity contribution in [3.63, 3.8) is 0 Å². The average molecular weight is 481 g/mol. The van der Waals surface area contributed by atoms with E-state index in [9.17, 15) is 9.65 Å². The summed E-state index contributed by atoms with van der Waals surface area (Å²) in [5, 5.41) is 18.0. The molecule has 1 aliphatic rings. The zero-order chi connectivity index (χ0) is 23.9. The van der Waals surface area contributed by atoms with Crippen LogP contribution in [0.1, 0.15) is 30.8 Å². The Morgan fingerprint density at radius 2 is 2.00 bits per heavy atom. The van der Waals surface area contributed by atoms with Crippen LogP contribution in [-0.4, -0.2) is 29.1 Å². The lowest BCUT2D eigenvalue weighted by Crippen LogP contribution is -2.32. The highest BCUT2D eigenvalue weighted by atomic mass is 32.1. The molecule has 0 amide bonds. The van der Waals surface area contributed by atoms with Gasteiger partial charge in [-0.05, 0) is 53.8 Å². The second-order valence-corrected chi connectivity index (χ2v) is 8.79. The Bertz CT molecular complexity index is 1580. The van der Waals surface area contributed by atoms with E-state index in [0.717, 1.165) is 39.6 Å². The highest BCUT2D eigenvalue weighted by molar-refractivity contribution is 7.10. The van der Waals surface area contributed by atoms with Gasteiger partial charge in [0.1, 0.15) is 17.8 Å². The number of fused-ring (bicyclic) bond motifs is 3. The van der Waals surface area contributed by atoms with Gasteiger partial charge in [-0.3, -0.25) is 4.57 Å². The topological polar surface area (TPSA) is 96.4 Å². The summed E-state index contributed by atoms with van der Waals surface area (Å²) in [6.45, 7) is 2.08. The predicted molar refractivity (Wildman–Crippen MR) is 130 cm³/mol. The van der Waals surface area contributed by atoms with E-state index in [2.05, 4.69) is 37.4 Å². The highest BCUT2D eigenvalue weighted by Gasteiger charge is 2.35. The average Bonchev–Trinajstić information content (AvgIpc) is 3.58. The van der Waals surface area contributed by atoms with E-state index in [1.165, 1.54) is 23.7 Å². The zero-order valence-corrected chi connectivity index (χ0v) is 19.3. The lowest BCUT2D eigenvalue weighted by atomic mass is 10.1. The molecular formula is C25H17FN8S. The Hall–Kier alpha value is -4.49. The number of rotatable bonds is 4. The minimum Gasteiger partial charge on any atom is -0.314 e. The van der Waals surface area contributed by atoms with Crippen LogP contribution in [0.5, 0.6) is 0 Å². The molecule has 0 spiro atoms. The second-order valence-electron chi connectivity index (χ2n) is 7.99. The molecule has 8 nitrogen and oxygen atoms in total. The van der Waals surface area contributed by atoms with E-state index < -0.39 is 0 Å². The fraction of sp³-hybridized carbons (Fsp3) is 0.120. The Labute approximate surface area is 204 Å². The molecule has 0 saturated carbocycles. The Morgan fingerprint density at radius 3 is 2.80 bits per heavy atom. The van der Waals surface area contributed by atoms with Crippen LogP contribution in [0.25, 0.3) is 27.5 Å². The normalized spacial score (nSPS) is 14.3. The molecule has 0 saturated heterocycles. The molecule has 4 heterocycles. The molecule has 0 fully saturated rings. The highest BCUT2D eigenvalue weighted by Crippen LogP contribution is 2.44. The van der Waals surface area contributed by atoms with Gasteiger partial charge in [-0.25, -0.2) is 14.4 Å². The summed E-state index contributed by atoms with van der Waals surface area (Å²) in [7, 11) is 0. The molecule has 35 heavy (non-hydrogen) atoms. The number of benzene rings is 2. The number of nitriles is 1. The van der Waals surface area contributed by atoms with Crippen LogP contribution >= 0.6 is 11.5 Å². The summed E-state index contributed by atoms with van der Waals surface area (Å²) in [6, 6.07) is 15.8. The molecule has 0 bridgehead atoms. The SMILES string of the molecule is CC[C@@H]1c2nncn2-c2cnc(-c3cnsc3-c3ccc(F)cc3)nc2N1c1cccc(C#N)c1. The van der Waals surface area contributed by atoms with E-state index >= 15 is 0 Å². The molecule has 10 heteroatoms. The van der Waals surface area contributed by atoms with Gasteiger partial charge in [-0.15, -0.1) is 10.2 Å². The van der Waals surface area contributed by atoms with E-state index in [4.69, 9.17) is 4.98 Å². The van der Waals surface area contributed by atoms with Gasteiger partial charge >= 0.3 is 0 Å². The van der Waals surface area contributed by atoms with Crippen LogP contribution < -0.4 is 4.90 Å². The van der Waals surface area contributed by atoms with Crippen molar-refractivity contribution < 1.29 is 4.39 Å². The summed E-state index contributed by atoms with van der Waals surface area (Å²) < 4.78 is 19.8. The summed E-state index contributed by atoms with van der Waals surface area (Å²) in [5.41, 5.74) is 3.74. The lowest BCUT2D eigenvalue weighted by Gasteiger charge is -2.36. The monoisotopic (exact) mass is 480 g/mol. The summed E-state index contributed by atoms with van der Waals surface area (Å²) >= 11 is 1.31. The third-order valence-corrected chi connectivity index (χ3v) is 6.83. The molecule has 3 aromatic heterocycles. The van der Waals surface area contributed by atoms with Crippen LogP contribution in [0.15, 0.2) is 67.3 Å². The summed E-state index contributed by atoms with van der Waals surface area (Å²) in [6.07, 6.45) is 5.90. The van der Waals surface area contributed by atoms with Gasteiger partial charge in [-0.2, -0.15) is 9.64 Å². The van der Waals surface area contributed by atoms with Gasteiger partial charge in [0.25, 0.3) is 0 Å². The number of anilines is 2. The molecule has 0 N–H and O–H groups in total. The first kappa shape index (κ1) is 21.1. The Morgan fingerprint density at radius 1 is 1.14 bits per heavy atom. The second kappa shape index (κ2) is 8.38. The molecule has 5 aromatic rings. The lowest BCUT2D eigenvalue weighted by molar-refractivity contribution is 0.590. The van der Waals surface area contributed by atoms with Crippen molar-refractivity contribution >= 4 is 23.0 Å². The Balaban J connectivity index is 1.55. The van der Waals surface area contributed by atoms with Gasteiger partial charge < -0.3 is 4.90 Å². The van der Waals surface area contributed by atoms with E-state index in [1.54, 1.807) is 36.9 Å². The molecule has 0 radical (unpaired) electrons. The van der Waals surface area contributed by atoms with Gasteiger partial charge in [0.2, 0.25) is 0 Å². The van der Waals surface area contributed by atoms with Crippen LogP contribution in [0.4, 0.5) is 15.9 Å². The maximum Gasteiger partial charge on any atom is 0.164 e. The maximum absolute atomic E-state index is 13.5. The van der Waals surface area contributed by atoms with Crippen LogP contribution in [0, 0.1) is 17.1 Å². The van der Waals surface area contributed by atoms with E-state index in [1.807, 2.05) is 22.8 Å². The van der Waals surface area contributed by atoms with Crippen molar-refractivity contribution in [1.29, 1.82) is 5.26 Å². The molecule has 0 unspecified atom stereocenters. The van der Waals surface area contributed by atoms with Crippen molar-refractivity contribution in [2.75, 3.05) is 4.90 Å². The Kier molecular flexibility index (Phi) is 5.04. The largest absolute Gasteiger partial charge is 0.314 e. The van der Waals surface area contributed by atoms with Crippen molar-refractivity contribution in [3.8, 4) is 33.6 Å². The molecule has 6 rings (SSSR count). The maximum atomic E-state index is 13.5. The van der Waals surface area contributed by atoms with Crippen molar-refractivity contribution in [2.24, 2.45) is 0 Å². The van der Waals surface area contributed by atoms with Gasteiger partial charge in [0.15, 0.2) is 17.5 Å². The number of halogens is 1. The minimum atomic E-state index is -0.296. The van der Waals surface area contributed by atoms with Gasteiger partial charge in [-0.1, -0.05) is 25.1 Å². The molecule has 170 valence electrons. The fourth-order valence-corrected chi connectivity index (χ4v) is 5.11. The fourth-order valence-electron chi connectivity index (χ4n) is 4.36. The number of hydrogen-bond acceptors (Lipinski definition) is 8. The number of aromatic nitrogens is 6. The first-order valence-electron chi connectivity index (χ1n) is 11.0. The third kappa shape index (κ3) is 3.45. The van der Waals surface area contributed by atoms with Crippen molar-refractivity contribution in [1.82, 2.24) is 29.1 Å². The molecular weight excluding hydrogens is 463 g/mol. The van der Waals surface area contributed by atoms with Crippen LogP contribution in [-0.2, 0) is 0 Å². The minimum absolute atomic E-state index is 0.140. The zero-order valence-electron chi connectivity index (χ0n) is 18.5. The van der Waals surface area contributed by atoms with Gasteiger partial charge in [0.05, 0.1) is 40.5 Å². The van der Waals surface area contributed by atoms with Crippen molar-refractivity contribution in [3.05, 3.63) is 84.5 Å². The van der Waals surface area contributed by atoms with Crippen molar-refractivity contribution in [2.45, 2.75) is 19.4 Å². The molecule has 1 atom stereocenters. The summed E-state index contributed by atoms with van der Waals surface area (Å²) in [4.78, 5) is 12.6. The molecule has 0 aliphatic carbocycles. The number of hydrogen-bond donors (Lipinski definition) is 0. The predicted octanol–water partition coefficient (Wildman–Crippen LogP) is 5.46. The summed E-state index contributed by atoms with van der Waals surface area (Å²) in [5.74, 6) is 1.67. The van der Waals surface area contributed by atoms with E-state index in [-0.39, 0.29) is 11.9 Å². The quantitative estimate of drug-likeness (QED) is 0.337. The van der Waals surface area contributed by atoms with Crippen LogP contribution in [0.3, 0.4) is 0 Å². The molecule has 1 aliphatic heterocycles. The molecule has 2 aromatic carbocycles. The third-order valence-electron chi connectivity index (χ3n) is 5.98. The van der Waals surface area contributed by atoms with E-state index in [0.29, 0.717) is 17.2 Å².